The van der Waals surface area contributed by atoms with Gasteiger partial charge in [-0.25, -0.2) is 0 Å². The molecule has 0 radical (unpaired) electrons. The zero-order valence-electron chi connectivity index (χ0n) is 16.8. The highest BCUT2D eigenvalue weighted by molar-refractivity contribution is 5.79. The number of Topliss-reactive ketones (excluding diaryl/α,β-unsaturated/α-hetero) is 1. The Hall–Kier alpha value is -0.630. The summed E-state index contributed by atoms with van der Waals surface area (Å²) in [5.41, 5.74) is 1.82. The van der Waals surface area contributed by atoms with Crippen molar-refractivity contribution in [3.8, 4) is 0 Å². The van der Waals surface area contributed by atoms with E-state index in [0.29, 0.717) is 17.6 Å². The first-order chi connectivity index (χ1) is 11.5. The van der Waals surface area contributed by atoms with Gasteiger partial charge in [0.1, 0.15) is 5.78 Å². The third-order valence-corrected chi connectivity index (χ3v) is 9.46. The van der Waals surface area contributed by atoms with Crippen LogP contribution in [0.4, 0.5) is 0 Å². The number of fused-ring (bicyclic) bond motifs is 5. The van der Waals surface area contributed by atoms with E-state index in [1.165, 1.54) is 19.3 Å². The lowest BCUT2D eigenvalue weighted by Crippen LogP contribution is -2.56. The average Bonchev–Trinajstić information content (AvgIpc) is 2.85. The molecule has 2 nitrogen and oxygen atoms in total. The Morgan fingerprint density at radius 1 is 1.08 bits per heavy atom. The van der Waals surface area contributed by atoms with Gasteiger partial charge in [-0.2, -0.15) is 0 Å². The van der Waals surface area contributed by atoms with Crippen molar-refractivity contribution in [2.75, 3.05) is 0 Å². The third kappa shape index (κ3) is 2.28. The molecule has 0 spiro atoms. The van der Waals surface area contributed by atoms with E-state index in [9.17, 15) is 9.90 Å². The van der Waals surface area contributed by atoms with Crippen molar-refractivity contribution in [1.82, 2.24) is 0 Å². The van der Waals surface area contributed by atoms with Crippen molar-refractivity contribution in [3.05, 3.63) is 11.6 Å². The predicted molar refractivity (Wildman–Crippen MR) is 101 cm³/mol. The lowest BCUT2D eigenvalue weighted by molar-refractivity contribution is -0.127. The molecule has 4 aliphatic rings. The molecule has 3 saturated carbocycles. The van der Waals surface area contributed by atoms with Gasteiger partial charge in [-0.05, 0) is 93.3 Å². The van der Waals surface area contributed by atoms with Gasteiger partial charge in [0.05, 0.1) is 5.60 Å². The quantitative estimate of drug-likeness (QED) is 0.656. The molecule has 0 aromatic heterocycles. The summed E-state index contributed by atoms with van der Waals surface area (Å²) in [6, 6.07) is 0. The molecule has 25 heavy (non-hydrogen) atoms. The van der Waals surface area contributed by atoms with Crippen LogP contribution in [0.5, 0.6) is 0 Å². The second-order valence-electron chi connectivity index (χ2n) is 10.9. The summed E-state index contributed by atoms with van der Waals surface area (Å²) < 4.78 is 0. The van der Waals surface area contributed by atoms with E-state index in [1.807, 2.05) is 6.92 Å². The minimum atomic E-state index is -0.502. The van der Waals surface area contributed by atoms with Crippen LogP contribution in [0, 0.1) is 34.0 Å². The molecule has 0 amide bonds. The first-order valence-electron chi connectivity index (χ1n) is 10.5. The fraction of sp³-hybridized carbons (Fsp3) is 0.870. The van der Waals surface area contributed by atoms with E-state index in [0.717, 1.165) is 32.1 Å². The van der Waals surface area contributed by atoms with Crippen molar-refractivity contribution in [3.63, 3.8) is 0 Å². The molecule has 0 aromatic rings. The van der Waals surface area contributed by atoms with Crippen molar-refractivity contribution >= 4 is 5.78 Å². The smallest absolute Gasteiger partial charge is 0.133 e. The predicted octanol–water partition coefficient (Wildman–Crippen LogP) is 5.30. The third-order valence-electron chi connectivity index (χ3n) is 9.46. The summed E-state index contributed by atoms with van der Waals surface area (Å²) in [4.78, 5) is 12.2. The highest BCUT2D eigenvalue weighted by Crippen LogP contribution is 2.69. The molecule has 0 aromatic carbocycles. The largest absolute Gasteiger partial charge is 0.390 e. The Bertz CT molecular complexity index is 632. The highest BCUT2D eigenvalue weighted by atomic mass is 16.3. The summed E-state index contributed by atoms with van der Waals surface area (Å²) >= 11 is 0. The first-order valence-corrected chi connectivity index (χ1v) is 10.5. The Balaban J connectivity index is 1.72. The van der Waals surface area contributed by atoms with Gasteiger partial charge < -0.3 is 5.11 Å². The van der Waals surface area contributed by atoms with Crippen LogP contribution in [-0.2, 0) is 4.79 Å². The number of rotatable bonds is 1. The van der Waals surface area contributed by atoms with Crippen molar-refractivity contribution in [2.24, 2.45) is 34.0 Å². The molecule has 0 saturated heterocycles. The van der Waals surface area contributed by atoms with Gasteiger partial charge in [-0.1, -0.05) is 32.4 Å². The van der Waals surface area contributed by atoms with Gasteiger partial charge in [0, 0.05) is 5.92 Å². The van der Waals surface area contributed by atoms with Gasteiger partial charge in [0.25, 0.3) is 0 Å². The lowest BCUT2D eigenvalue weighted by Gasteiger charge is -2.63. The van der Waals surface area contributed by atoms with E-state index < -0.39 is 5.60 Å². The summed E-state index contributed by atoms with van der Waals surface area (Å²) in [7, 11) is 0. The molecule has 7 atom stereocenters. The lowest BCUT2D eigenvalue weighted by atomic mass is 9.42. The normalized spacial score (nSPS) is 55.0. The topological polar surface area (TPSA) is 37.3 Å². The van der Waals surface area contributed by atoms with Crippen LogP contribution in [0.3, 0.4) is 0 Å². The maximum absolute atomic E-state index is 12.2. The van der Waals surface area contributed by atoms with E-state index in [1.54, 1.807) is 12.5 Å². The molecule has 3 fully saturated rings. The molecular formula is C23H36O2. The fourth-order valence-corrected chi connectivity index (χ4v) is 7.85. The Kier molecular flexibility index (Phi) is 3.70. The SMILES string of the molecule is CC(=O)[C@H]1CC[C@H]2[C@@H]3CCC4(C)C[C@](C)(O)CC[C@]4(C)C3=CC[C@]12C. The van der Waals surface area contributed by atoms with Crippen LogP contribution < -0.4 is 0 Å². The summed E-state index contributed by atoms with van der Waals surface area (Å²) in [5.74, 6) is 2.03. The molecule has 140 valence electrons. The summed E-state index contributed by atoms with van der Waals surface area (Å²) in [6.07, 6.45) is 11.4. The molecule has 0 bridgehead atoms. The fourth-order valence-electron chi connectivity index (χ4n) is 7.85. The van der Waals surface area contributed by atoms with Crippen LogP contribution >= 0.6 is 0 Å². The van der Waals surface area contributed by atoms with Crippen molar-refractivity contribution in [1.29, 1.82) is 0 Å². The Morgan fingerprint density at radius 2 is 1.80 bits per heavy atom. The van der Waals surface area contributed by atoms with Gasteiger partial charge in [0.2, 0.25) is 0 Å². The maximum Gasteiger partial charge on any atom is 0.133 e. The summed E-state index contributed by atoms with van der Waals surface area (Å²) in [6.45, 7) is 11.1. The highest BCUT2D eigenvalue weighted by Gasteiger charge is 2.62. The molecule has 2 heteroatoms. The van der Waals surface area contributed by atoms with Gasteiger partial charge in [-0.3, -0.25) is 4.79 Å². The molecule has 4 rings (SSSR count). The molecule has 1 unspecified atom stereocenters. The van der Waals surface area contributed by atoms with E-state index in [4.69, 9.17) is 0 Å². The van der Waals surface area contributed by atoms with Crippen LogP contribution in [0.25, 0.3) is 0 Å². The maximum atomic E-state index is 12.2. The number of ketones is 1. The van der Waals surface area contributed by atoms with E-state index in [-0.39, 0.29) is 22.2 Å². The van der Waals surface area contributed by atoms with Crippen LogP contribution in [0.1, 0.15) is 86.0 Å². The van der Waals surface area contributed by atoms with Gasteiger partial charge in [0.15, 0.2) is 0 Å². The standard InChI is InChI=1S/C23H36O2/c1-15(24)17-6-7-18-16-8-10-20(2)14-21(3,25)12-13-23(20,5)19(16)9-11-22(17,18)4/h9,16-18,25H,6-8,10-14H2,1-5H3/t16-,17+,18-,20?,21+,22+,23+/m0/s1. The monoisotopic (exact) mass is 344 g/mol. The van der Waals surface area contributed by atoms with Gasteiger partial charge >= 0.3 is 0 Å². The Labute approximate surface area is 153 Å². The molecule has 4 aliphatic carbocycles. The molecule has 1 N–H and O–H groups in total. The number of hydrogen-bond donors (Lipinski definition) is 1. The van der Waals surface area contributed by atoms with Gasteiger partial charge in [-0.15, -0.1) is 0 Å². The minimum Gasteiger partial charge on any atom is -0.390 e. The first kappa shape index (κ1) is 17.8. The van der Waals surface area contributed by atoms with Crippen molar-refractivity contribution < 1.29 is 9.90 Å². The number of allylic oxidation sites excluding steroid dienone is 2. The molecular weight excluding hydrogens is 308 g/mol. The number of carbonyl (C=O) groups is 1. The van der Waals surface area contributed by atoms with Crippen molar-refractivity contribution in [2.45, 2.75) is 91.6 Å². The molecule has 0 aliphatic heterocycles. The van der Waals surface area contributed by atoms with E-state index >= 15 is 0 Å². The number of carbonyl (C=O) groups excluding carboxylic acids is 1. The number of aliphatic hydroxyl groups is 1. The second kappa shape index (κ2) is 5.21. The van der Waals surface area contributed by atoms with Crippen LogP contribution in [0.2, 0.25) is 0 Å². The van der Waals surface area contributed by atoms with Crippen LogP contribution in [-0.4, -0.2) is 16.5 Å². The number of hydrogen-bond acceptors (Lipinski definition) is 2. The zero-order chi connectivity index (χ0) is 18.3. The van der Waals surface area contributed by atoms with Crippen LogP contribution in [0.15, 0.2) is 11.6 Å². The minimum absolute atomic E-state index is 0.185. The zero-order valence-corrected chi connectivity index (χ0v) is 16.8. The summed E-state index contributed by atoms with van der Waals surface area (Å²) in [5, 5.41) is 10.7. The average molecular weight is 345 g/mol. The molecule has 0 heterocycles. The Morgan fingerprint density at radius 3 is 2.48 bits per heavy atom. The second-order valence-corrected chi connectivity index (χ2v) is 10.9. The van der Waals surface area contributed by atoms with E-state index in [2.05, 4.69) is 26.8 Å².